The van der Waals surface area contributed by atoms with E-state index < -0.39 is 10.0 Å². The number of benzene rings is 2. The molecule has 0 unspecified atom stereocenters. The van der Waals surface area contributed by atoms with Gasteiger partial charge in [-0.15, -0.1) is 0 Å². The lowest BCUT2D eigenvalue weighted by Gasteiger charge is -2.11. The highest BCUT2D eigenvalue weighted by molar-refractivity contribution is 7.92. The topological polar surface area (TPSA) is 75.3 Å². The van der Waals surface area contributed by atoms with Gasteiger partial charge >= 0.3 is 0 Å². The minimum atomic E-state index is -3.73. The van der Waals surface area contributed by atoms with Crippen molar-refractivity contribution in [2.45, 2.75) is 11.8 Å². The van der Waals surface area contributed by atoms with E-state index in [2.05, 4.69) is 10.0 Å². The summed E-state index contributed by atoms with van der Waals surface area (Å²) in [6.45, 7) is 1.87. The van der Waals surface area contributed by atoms with Crippen molar-refractivity contribution in [1.82, 2.24) is 5.32 Å². The number of carbonyl (C=O) groups excluding carboxylic acids is 1. The minimum absolute atomic E-state index is 0.143. The molecule has 0 heterocycles. The van der Waals surface area contributed by atoms with Crippen molar-refractivity contribution in [3.05, 3.63) is 58.6 Å². The summed E-state index contributed by atoms with van der Waals surface area (Å²) >= 11 is 6.04. The molecule has 0 aliphatic carbocycles. The number of amides is 1. The lowest BCUT2D eigenvalue weighted by atomic mass is 10.2. The van der Waals surface area contributed by atoms with E-state index in [0.717, 1.165) is 5.56 Å². The van der Waals surface area contributed by atoms with Crippen molar-refractivity contribution in [3.8, 4) is 0 Å². The van der Waals surface area contributed by atoms with Crippen LogP contribution in [-0.4, -0.2) is 21.4 Å². The van der Waals surface area contributed by atoms with Gasteiger partial charge in [0.15, 0.2) is 0 Å². The van der Waals surface area contributed by atoms with Crippen LogP contribution in [-0.2, 0) is 10.0 Å². The van der Waals surface area contributed by atoms with Gasteiger partial charge < -0.3 is 5.32 Å². The predicted molar refractivity (Wildman–Crippen MR) is 86.8 cm³/mol. The summed E-state index contributed by atoms with van der Waals surface area (Å²) in [6, 6.07) is 10.8. The molecule has 0 aromatic heterocycles. The summed E-state index contributed by atoms with van der Waals surface area (Å²) in [4.78, 5) is 11.7. The molecule has 2 N–H and O–H groups in total. The lowest BCUT2D eigenvalue weighted by Crippen LogP contribution is -2.18. The Morgan fingerprint density at radius 1 is 1.09 bits per heavy atom. The van der Waals surface area contributed by atoms with E-state index in [1.54, 1.807) is 12.1 Å². The van der Waals surface area contributed by atoms with Gasteiger partial charge in [0.05, 0.1) is 15.6 Å². The van der Waals surface area contributed by atoms with E-state index in [-0.39, 0.29) is 21.5 Å². The zero-order chi connectivity index (χ0) is 16.3. The van der Waals surface area contributed by atoms with Crippen LogP contribution in [0.2, 0.25) is 5.02 Å². The molecule has 2 rings (SSSR count). The average molecular weight is 339 g/mol. The summed E-state index contributed by atoms with van der Waals surface area (Å²) in [5.41, 5.74) is 1.53. The van der Waals surface area contributed by atoms with Crippen molar-refractivity contribution in [2.75, 3.05) is 11.8 Å². The van der Waals surface area contributed by atoms with Crippen LogP contribution in [0.5, 0.6) is 0 Å². The number of sulfonamides is 1. The number of carbonyl (C=O) groups is 1. The van der Waals surface area contributed by atoms with Gasteiger partial charge in [-0.2, -0.15) is 0 Å². The fourth-order valence-corrected chi connectivity index (χ4v) is 3.17. The first-order valence-electron chi connectivity index (χ1n) is 6.44. The highest BCUT2D eigenvalue weighted by Crippen LogP contribution is 2.26. The molecular weight excluding hydrogens is 324 g/mol. The minimum Gasteiger partial charge on any atom is -0.355 e. The second-order valence-corrected chi connectivity index (χ2v) is 6.78. The first-order chi connectivity index (χ1) is 10.3. The van der Waals surface area contributed by atoms with Crippen LogP contribution in [0.3, 0.4) is 0 Å². The van der Waals surface area contributed by atoms with E-state index in [1.807, 2.05) is 6.92 Å². The smallest absolute Gasteiger partial charge is 0.261 e. The largest absolute Gasteiger partial charge is 0.355 e. The van der Waals surface area contributed by atoms with Gasteiger partial charge in [0.1, 0.15) is 0 Å². The van der Waals surface area contributed by atoms with Crippen LogP contribution < -0.4 is 10.0 Å². The molecule has 2 aromatic rings. The van der Waals surface area contributed by atoms with Crippen molar-refractivity contribution >= 4 is 33.2 Å². The molecule has 0 atom stereocenters. The van der Waals surface area contributed by atoms with E-state index in [4.69, 9.17) is 11.6 Å². The Hall–Kier alpha value is -2.05. The maximum Gasteiger partial charge on any atom is 0.261 e. The van der Waals surface area contributed by atoms with E-state index in [0.29, 0.717) is 5.56 Å². The summed E-state index contributed by atoms with van der Waals surface area (Å²) in [7, 11) is -2.22. The lowest BCUT2D eigenvalue weighted by molar-refractivity contribution is 0.0963. The fourth-order valence-electron chi connectivity index (χ4n) is 1.80. The molecule has 5 nitrogen and oxygen atoms in total. The van der Waals surface area contributed by atoms with Crippen LogP contribution in [0.1, 0.15) is 15.9 Å². The Kier molecular flexibility index (Phi) is 4.73. The van der Waals surface area contributed by atoms with Crippen molar-refractivity contribution in [1.29, 1.82) is 0 Å². The average Bonchev–Trinajstić information content (AvgIpc) is 2.48. The number of hydrogen-bond donors (Lipinski definition) is 2. The van der Waals surface area contributed by atoms with Crippen LogP contribution in [0.25, 0.3) is 0 Å². The molecule has 0 aliphatic rings. The second kappa shape index (κ2) is 6.37. The number of hydrogen-bond acceptors (Lipinski definition) is 3. The molecule has 1 amide bonds. The SMILES string of the molecule is CNC(=O)c1ccc(NS(=O)(=O)c2ccc(C)cc2)c(Cl)c1. The quantitative estimate of drug-likeness (QED) is 0.900. The molecule has 0 fully saturated rings. The van der Waals surface area contributed by atoms with E-state index in [1.165, 1.54) is 37.4 Å². The van der Waals surface area contributed by atoms with Crippen LogP contribution in [0.4, 0.5) is 5.69 Å². The number of rotatable bonds is 4. The first-order valence-corrected chi connectivity index (χ1v) is 8.31. The van der Waals surface area contributed by atoms with Gasteiger partial charge in [0.25, 0.3) is 15.9 Å². The Balaban J connectivity index is 2.30. The zero-order valence-corrected chi connectivity index (χ0v) is 13.6. The van der Waals surface area contributed by atoms with Gasteiger partial charge in [-0.1, -0.05) is 29.3 Å². The molecule has 0 spiro atoms. The van der Waals surface area contributed by atoms with Crippen LogP contribution in [0, 0.1) is 6.92 Å². The number of aryl methyl sites for hydroxylation is 1. The van der Waals surface area contributed by atoms with Gasteiger partial charge in [-0.25, -0.2) is 8.42 Å². The number of nitrogens with one attached hydrogen (secondary N) is 2. The molecule has 116 valence electrons. The summed E-state index contributed by atoms with van der Waals surface area (Å²) in [5, 5.41) is 2.62. The summed E-state index contributed by atoms with van der Waals surface area (Å²) in [6.07, 6.45) is 0. The monoisotopic (exact) mass is 338 g/mol. The highest BCUT2D eigenvalue weighted by atomic mass is 35.5. The maximum atomic E-state index is 12.3. The Morgan fingerprint density at radius 2 is 1.73 bits per heavy atom. The van der Waals surface area contributed by atoms with Crippen molar-refractivity contribution < 1.29 is 13.2 Å². The highest BCUT2D eigenvalue weighted by Gasteiger charge is 2.16. The van der Waals surface area contributed by atoms with E-state index in [9.17, 15) is 13.2 Å². The van der Waals surface area contributed by atoms with Gasteiger partial charge in [0, 0.05) is 12.6 Å². The Labute approximate surface area is 134 Å². The summed E-state index contributed by atoms with van der Waals surface area (Å²) < 4.78 is 27.0. The Bertz CT molecular complexity index is 802. The molecule has 0 saturated carbocycles. The molecule has 0 aliphatic heterocycles. The second-order valence-electron chi connectivity index (χ2n) is 4.69. The standard InChI is InChI=1S/C15H15ClN2O3S/c1-10-3-6-12(7-4-10)22(20,21)18-14-8-5-11(9-13(14)16)15(19)17-2/h3-9,18H,1-2H3,(H,17,19). The fraction of sp³-hybridized carbons (Fsp3) is 0.133. The first kappa shape index (κ1) is 16.3. The molecule has 22 heavy (non-hydrogen) atoms. The third-order valence-corrected chi connectivity index (χ3v) is 4.73. The molecule has 2 aromatic carbocycles. The zero-order valence-electron chi connectivity index (χ0n) is 12.1. The number of anilines is 1. The van der Waals surface area contributed by atoms with Gasteiger partial charge in [-0.3, -0.25) is 9.52 Å². The van der Waals surface area contributed by atoms with Gasteiger partial charge in [0.2, 0.25) is 0 Å². The Morgan fingerprint density at radius 3 is 2.27 bits per heavy atom. The maximum absolute atomic E-state index is 12.3. The predicted octanol–water partition coefficient (Wildman–Crippen LogP) is 2.81. The molecular formula is C15H15ClN2O3S. The van der Waals surface area contributed by atoms with Gasteiger partial charge in [-0.05, 0) is 37.3 Å². The van der Waals surface area contributed by atoms with E-state index >= 15 is 0 Å². The summed E-state index contributed by atoms with van der Waals surface area (Å²) in [5.74, 6) is -0.296. The molecule has 0 saturated heterocycles. The van der Waals surface area contributed by atoms with Crippen LogP contribution >= 0.6 is 11.6 Å². The normalized spacial score (nSPS) is 11.0. The van der Waals surface area contributed by atoms with Crippen molar-refractivity contribution in [2.24, 2.45) is 0 Å². The third kappa shape index (κ3) is 3.58. The van der Waals surface area contributed by atoms with Crippen molar-refractivity contribution in [3.63, 3.8) is 0 Å². The molecule has 0 radical (unpaired) electrons. The molecule has 7 heteroatoms. The van der Waals surface area contributed by atoms with Crippen LogP contribution in [0.15, 0.2) is 47.4 Å². The number of halogens is 1. The molecule has 0 bridgehead atoms. The third-order valence-electron chi connectivity index (χ3n) is 3.03.